The molecule has 1 heterocycles. The van der Waals surface area contributed by atoms with Crippen LogP contribution in [0.4, 0.5) is 5.69 Å². The molecule has 1 saturated carbocycles. The smallest absolute Gasteiger partial charge is 0.227 e. The minimum absolute atomic E-state index is 0.0245. The van der Waals surface area contributed by atoms with E-state index in [-0.39, 0.29) is 24.2 Å². The predicted octanol–water partition coefficient (Wildman–Crippen LogP) is 3.14. The molecule has 1 aliphatic heterocycles. The summed E-state index contributed by atoms with van der Waals surface area (Å²) in [6.07, 6.45) is 7.80. The second kappa shape index (κ2) is 9.11. The Balaban J connectivity index is 1.57. The van der Waals surface area contributed by atoms with E-state index in [4.69, 9.17) is 9.47 Å². The van der Waals surface area contributed by atoms with Crippen molar-refractivity contribution in [3.8, 4) is 11.5 Å². The minimum Gasteiger partial charge on any atom is -0.497 e. The summed E-state index contributed by atoms with van der Waals surface area (Å²) in [6.45, 7) is 1.08. The minimum atomic E-state index is -0.320. The fourth-order valence-corrected chi connectivity index (χ4v) is 4.14. The first kappa shape index (κ1) is 19.5. The van der Waals surface area contributed by atoms with Gasteiger partial charge in [0.05, 0.1) is 25.8 Å². The summed E-state index contributed by atoms with van der Waals surface area (Å²) in [5.74, 6) is 1.58. The number of hydrogen-bond acceptors (Lipinski definition) is 4. The van der Waals surface area contributed by atoms with Crippen LogP contribution >= 0.6 is 0 Å². The van der Waals surface area contributed by atoms with Crippen molar-refractivity contribution in [1.82, 2.24) is 5.32 Å². The second-order valence-electron chi connectivity index (χ2n) is 7.53. The third-order valence-electron chi connectivity index (χ3n) is 5.75. The van der Waals surface area contributed by atoms with Crippen LogP contribution < -0.4 is 19.7 Å². The third-order valence-corrected chi connectivity index (χ3v) is 5.75. The number of carbonyl (C=O) groups is 2. The molecule has 1 N–H and O–H groups in total. The molecule has 2 fully saturated rings. The van der Waals surface area contributed by atoms with Crippen LogP contribution in [0.3, 0.4) is 0 Å². The number of carbonyl (C=O) groups excluding carboxylic acids is 2. The largest absolute Gasteiger partial charge is 0.497 e. The van der Waals surface area contributed by atoms with Gasteiger partial charge in [0.1, 0.15) is 11.5 Å². The van der Waals surface area contributed by atoms with E-state index in [0.29, 0.717) is 30.3 Å². The standard InChI is InChI=1S/C21H30N2O4/c1-26-17-8-9-19(27-2)18(13-17)23-14-16(12-20(23)24)21(25)22-11-10-15-6-4-3-5-7-15/h8-9,13,15-16H,3-7,10-12,14H2,1-2H3,(H,22,25). The molecule has 1 aromatic carbocycles. The lowest BCUT2D eigenvalue weighted by Gasteiger charge is -2.22. The van der Waals surface area contributed by atoms with Gasteiger partial charge in [-0.1, -0.05) is 32.1 Å². The quantitative estimate of drug-likeness (QED) is 0.796. The van der Waals surface area contributed by atoms with E-state index in [2.05, 4.69) is 5.32 Å². The molecule has 1 aromatic rings. The van der Waals surface area contributed by atoms with E-state index < -0.39 is 0 Å². The van der Waals surface area contributed by atoms with Crippen molar-refractivity contribution in [1.29, 1.82) is 0 Å². The Bertz CT molecular complexity index is 670. The Morgan fingerprint density at radius 1 is 1.19 bits per heavy atom. The summed E-state index contributed by atoms with van der Waals surface area (Å²) >= 11 is 0. The van der Waals surface area contributed by atoms with E-state index in [9.17, 15) is 9.59 Å². The van der Waals surface area contributed by atoms with Gasteiger partial charge in [-0.05, 0) is 24.5 Å². The number of ether oxygens (including phenoxy) is 2. The Morgan fingerprint density at radius 2 is 1.96 bits per heavy atom. The number of methoxy groups -OCH3 is 2. The molecule has 6 heteroatoms. The van der Waals surface area contributed by atoms with Gasteiger partial charge in [0.15, 0.2) is 0 Å². The van der Waals surface area contributed by atoms with E-state index >= 15 is 0 Å². The fraction of sp³-hybridized carbons (Fsp3) is 0.619. The molecule has 1 atom stereocenters. The Morgan fingerprint density at radius 3 is 2.67 bits per heavy atom. The predicted molar refractivity (Wildman–Crippen MR) is 104 cm³/mol. The normalized spacial score (nSPS) is 20.6. The molecule has 0 spiro atoms. The zero-order valence-electron chi connectivity index (χ0n) is 16.3. The van der Waals surface area contributed by atoms with Crippen LogP contribution in [-0.4, -0.2) is 39.1 Å². The van der Waals surface area contributed by atoms with Crippen molar-refractivity contribution >= 4 is 17.5 Å². The van der Waals surface area contributed by atoms with Crippen molar-refractivity contribution < 1.29 is 19.1 Å². The third kappa shape index (κ3) is 4.73. The molecule has 1 saturated heterocycles. The highest BCUT2D eigenvalue weighted by atomic mass is 16.5. The lowest BCUT2D eigenvalue weighted by atomic mass is 9.87. The molecular formula is C21H30N2O4. The van der Waals surface area contributed by atoms with Crippen LogP contribution in [0.2, 0.25) is 0 Å². The van der Waals surface area contributed by atoms with Gasteiger partial charge in [-0.25, -0.2) is 0 Å². The van der Waals surface area contributed by atoms with Crippen LogP contribution in [0.5, 0.6) is 11.5 Å². The maximum Gasteiger partial charge on any atom is 0.227 e. The number of hydrogen-bond donors (Lipinski definition) is 1. The van der Waals surface area contributed by atoms with Gasteiger partial charge >= 0.3 is 0 Å². The zero-order valence-corrected chi connectivity index (χ0v) is 16.3. The SMILES string of the molecule is COc1ccc(OC)c(N2CC(C(=O)NCCC3CCCCC3)CC2=O)c1. The maximum absolute atomic E-state index is 12.5. The summed E-state index contributed by atoms with van der Waals surface area (Å²) in [5.41, 5.74) is 0.652. The highest BCUT2D eigenvalue weighted by molar-refractivity contribution is 6.01. The van der Waals surface area contributed by atoms with E-state index in [1.165, 1.54) is 32.1 Å². The topological polar surface area (TPSA) is 67.9 Å². The average molecular weight is 374 g/mol. The molecule has 3 rings (SSSR count). The molecule has 0 aromatic heterocycles. The molecule has 1 aliphatic carbocycles. The Hall–Kier alpha value is -2.24. The highest BCUT2D eigenvalue weighted by Gasteiger charge is 2.36. The first-order chi connectivity index (χ1) is 13.1. The summed E-state index contributed by atoms with van der Waals surface area (Å²) in [4.78, 5) is 26.7. The number of amides is 2. The molecule has 148 valence electrons. The molecule has 1 unspecified atom stereocenters. The number of nitrogens with one attached hydrogen (secondary N) is 1. The molecule has 6 nitrogen and oxygen atoms in total. The summed E-state index contributed by atoms with van der Waals surface area (Å²) in [7, 11) is 3.15. The van der Waals surface area contributed by atoms with Crippen LogP contribution in [0.1, 0.15) is 44.9 Å². The first-order valence-electron chi connectivity index (χ1n) is 9.92. The van der Waals surface area contributed by atoms with Crippen molar-refractivity contribution in [2.75, 3.05) is 32.2 Å². The molecular weight excluding hydrogens is 344 g/mol. The first-order valence-corrected chi connectivity index (χ1v) is 9.92. The van der Waals surface area contributed by atoms with Crippen LogP contribution in [0.25, 0.3) is 0 Å². The van der Waals surface area contributed by atoms with Gasteiger partial charge in [0.25, 0.3) is 0 Å². The molecule has 2 amide bonds. The Kier molecular flexibility index (Phi) is 6.58. The summed E-state index contributed by atoms with van der Waals surface area (Å²) in [5, 5.41) is 3.04. The van der Waals surface area contributed by atoms with Crippen molar-refractivity contribution in [2.24, 2.45) is 11.8 Å². The number of benzene rings is 1. The number of nitrogens with zero attached hydrogens (tertiary/aromatic N) is 1. The number of rotatable bonds is 7. The molecule has 0 bridgehead atoms. The maximum atomic E-state index is 12.5. The van der Waals surface area contributed by atoms with Crippen LogP contribution in [0, 0.1) is 11.8 Å². The molecule has 0 radical (unpaired) electrons. The van der Waals surface area contributed by atoms with Gasteiger partial charge in [0, 0.05) is 25.6 Å². The van der Waals surface area contributed by atoms with Gasteiger partial charge in [0.2, 0.25) is 11.8 Å². The average Bonchev–Trinajstić information content (AvgIpc) is 3.09. The van der Waals surface area contributed by atoms with Gasteiger partial charge in [-0.3, -0.25) is 9.59 Å². The lowest BCUT2D eigenvalue weighted by molar-refractivity contribution is -0.126. The molecule has 2 aliphatic rings. The van der Waals surface area contributed by atoms with Crippen LogP contribution in [0.15, 0.2) is 18.2 Å². The Labute approximate surface area is 161 Å². The highest BCUT2D eigenvalue weighted by Crippen LogP contribution is 2.36. The zero-order chi connectivity index (χ0) is 19.2. The van der Waals surface area contributed by atoms with Crippen molar-refractivity contribution in [3.05, 3.63) is 18.2 Å². The fourth-order valence-electron chi connectivity index (χ4n) is 4.14. The monoisotopic (exact) mass is 374 g/mol. The molecule has 27 heavy (non-hydrogen) atoms. The summed E-state index contributed by atoms with van der Waals surface area (Å²) in [6, 6.07) is 5.34. The van der Waals surface area contributed by atoms with Gasteiger partial charge in [-0.15, -0.1) is 0 Å². The van der Waals surface area contributed by atoms with Crippen molar-refractivity contribution in [2.45, 2.75) is 44.9 Å². The van der Waals surface area contributed by atoms with Gasteiger partial charge in [-0.2, -0.15) is 0 Å². The van der Waals surface area contributed by atoms with E-state index in [1.54, 1.807) is 37.3 Å². The van der Waals surface area contributed by atoms with Gasteiger partial charge < -0.3 is 19.7 Å². The number of anilines is 1. The van der Waals surface area contributed by atoms with Crippen molar-refractivity contribution in [3.63, 3.8) is 0 Å². The van der Waals surface area contributed by atoms with E-state index in [1.807, 2.05) is 0 Å². The second-order valence-corrected chi connectivity index (χ2v) is 7.53. The van der Waals surface area contributed by atoms with E-state index in [0.717, 1.165) is 12.3 Å². The lowest BCUT2D eigenvalue weighted by Crippen LogP contribution is -2.34. The summed E-state index contributed by atoms with van der Waals surface area (Å²) < 4.78 is 10.6. The van der Waals surface area contributed by atoms with Crippen LogP contribution in [-0.2, 0) is 9.59 Å².